The SMILES string of the molecule is O=CNC(CCc1ccccc1)C(=O)NCc1ccc(Cl)c(Cl)c1. The molecule has 2 aromatic rings. The van der Waals surface area contributed by atoms with Gasteiger partial charge in [0.15, 0.2) is 0 Å². The highest BCUT2D eigenvalue weighted by atomic mass is 35.5. The van der Waals surface area contributed by atoms with Crippen molar-refractivity contribution in [3.63, 3.8) is 0 Å². The Morgan fingerprint density at radius 3 is 2.46 bits per heavy atom. The third-order valence-electron chi connectivity index (χ3n) is 3.60. The second-order valence-electron chi connectivity index (χ2n) is 5.33. The Labute approximate surface area is 151 Å². The largest absolute Gasteiger partial charge is 0.350 e. The minimum Gasteiger partial charge on any atom is -0.350 e. The van der Waals surface area contributed by atoms with E-state index in [1.165, 1.54) is 0 Å². The Hall–Kier alpha value is -2.04. The van der Waals surface area contributed by atoms with E-state index in [0.29, 0.717) is 35.8 Å². The van der Waals surface area contributed by atoms with Crippen molar-refractivity contribution in [2.45, 2.75) is 25.4 Å². The van der Waals surface area contributed by atoms with E-state index >= 15 is 0 Å². The van der Waals surface area contributed by atoms with Crippen LogP contribution in [0.2, 0.25) is 10.0 Å². The Morgan fingerprint density at radius 1 is 1.04 bits per heavy atom. The minimum absolute atomic E-state index is 0.232. The zero-order valence-corrected chi connectivity index (χ0v) is 14.5. The monoisotopic (exact) mass is 364 g/mol. The van der Waals surface area contributed by atoms with Gasteiger partial charge < -0.3 is 10.6 Å². The van der Waals surface area contributed by atoms with Gasteiger partial charge in [0.05, 0.1) is 10.0 Å². The molecule has 1 atom stereocenters. The van der Waals surface area contributed by atoms with Gasteiger partial charge in [-0.25, -0.2) is 0 Å². The highest BCUT2D eigenvalue weighted by Gasteiger charge is 2.17. The second-order valence-corrected chi connectivity index (χ2v) is 6.14. The fourth-order valence-corrected chi connectivity index (χ4v) is 2.61. The molecule has 0 aliphatic rings. The number of hydrogen-bond donors (Lipinski definition) is 2. The van der Waals surface area contributed by atoms with E-state index < -0.39 is 6.04 Å². The molecular formula is C18H18Cl2N2O2. The number of halogens is 2. The molecule has 2 rings (SSSR count). The van der Waals surface area contributed by atoms with Crippen LogP contribution in [0.15, 0.2) is 48.5 Å². The summed E-state index contributed by atoms with van der Waals surface area (Å²) in [7, 11) is 0. The van der Waals surface area contributed by atoms with Crippen LogP contribution < -0.4 is 10.6 Å². The smallest absolute Gasteiger partial charge is 0.242 e. The predicted octanol–water partition coefficient (Wildman–Crippen LogP) is 3.36. The third kappa shape index (κ3) is 5.55. The van der Waals surface area contributed by atoms with E-state index in [1.807, 2.05) is 30.3 Å². The Bertz CT molecular complexity index is 693. The van der Waals surface area contributed by atoms with E-state index in [4.69, 9.17) is 23.2 Å². The van der Waals surface area contributed by atoms with Gasteiger partial charge in [0.2, 0.25) is 12.3 Å². The Balaban J connectivity index is 1.90. The lowest BCUT2D eigenvalue weighted by atomic mass is 10.0. The van der Waals surface area contributed by atoms with Crippen LogP contribution in [0.5, 0.6) is 0 Å². The predicted molar refractivity (Wildman–Crippen MR) is 96.1 cm³/mol. The quantitative estimate of drug-likeness (QED) is 0.705. The van der Waals surface area contributed by atoms with Gasteiger partial charge in [0.1, 0.15) is 6.04 Å². The summed E-state index contributed by atoms with van der Waals surface area (Å²) >= 11 is 11.8. The van der Waals surface area contributed by atoms with Crippen LogP contribution in [-0.4, -0.2) is 18.4 Å². The fraction of sp³-hybridized carbons (Fsp3) is 0.222. The molecule has 2 aromatic carbocycles. The standard InChI is InChI=1S/C18H18Cl2N2O2/c19-15-8-6-14(10-16(15)20)11-21-18(24)17(22-12-23)9-7-13-4-2-1-3-5-13/h1-6,8,10,12,17H,7,9,11H2,(H,21,24)(H,22,23). The lowest BCUT2D eigenvalue weighted by Crippen LogP contribution is -2.43. The first-order valence-electron chi connectivity index (χ1n) is 7.55. The molecule has 0 aliphatic heterocycles. The third-order valence-corrected chi connectivity index (χ3v) is 4.34. The number of hydrogen-bond acceptors (Lipinski definition) is 2. The van der Waals surface area contributed by atoms with E-state index in [1.54, 1.807) is 18.2 Å². The first-order chi connectivity index (χ1) is 11.6. The molecule has 1 unspecified atom stereocenters. The topological polar surface area (TPSA) is 58.2 Å². The zero-order valence-electron chi connectivity index (χ0n) is 13.0. The summed E-state index contributed by atoms with van der Waals surface area (Å²) in [6.45, 7) is 0.318. The highest BCUT2D eigenvalue weighted by Crippen LogP contribution is 2.22. The van der Waals surface area contributed by atoms with Gasteiger partial charge in [-0.05, 0) is 36.1 Å². The molecule has 0 spiro atoms. The molecule has 24 heavy (non-hydrogen) atoms. The van der Waals surface area contributed by atoms with E-state index in [9.17, 15) is 9.59 Å². The maximum atomic E-state index is 12.3. The summed E-state index contributed by atoms with van der Waals surface area (Å²) < 4.78 is 0. The van der Waals surface area contributed by atoms with E-state index in [2.05, 4.69) is 10.6 Å². The molecule has 126 valence electrons. The second kappa shape index (κ2) is 9.30. The molecule has 0 fully saturated rings. The van der Waals surface area contributed by atoms with Crippen LogP contribution in [0.25, 0.3) is 0 Å². The van der Waals surface area contributed by atoms with Gasteiger partial charge in [0, 0.05) is 6.54 Å². The van der Waals surface area contributed by atoms with Crippen LogP contribution in [0.3, 0.4) is 0 Å². The maximum absolute atomic E-state index is 12.3. The number of amides is 2. The maximum Gasteiger partial charge on any atom is 0.242 e. The van der Waals surface area contributed by atoms with Crippen molar-refractivity contribution in [2.24, 2.45) is 0 Å². The normalized spacial score (nSPS) is 11.6. The summed E-state index contributed by atoms with van der Waals surface area (Å²) in [6.07, 6.45) is 1.77. The molecule has 0 radical (unpaired) electrons. The molecular weight excluding hydrogens is 347 g/mol. The molecule has 0 heterocycles. The van der Waals surface area contributed by atoms with Gasteiger partial charge in [-0.2, -0.15) is 0 Å². The lowest BCUT2D eigenvalue weighted by molar-refractivity contribution is -0.125. The lowest BCUT2D eigenvalue weighted by Gasteiger charge is -2.16. The summed E-state index contributed by atoms with van der Waals surface area (Å²) in [5.74, 6) is -0.232. The van der Waals surface area contributed by atoms with Crippen LogP contribution in [-0.2, 0) is 22.6 Å². The summed E-state index contributed by atoms with van der Waals surface area (Å²) in [6, 6.07) is 14.4. The first kappa shape index (κ1) is 18.3. The number of benzene rings is 2. The molecule has 0 aromatic heterocycles. The van der Waals surface area contributed by atoms with Gasteiger partial charge in [-0.3, -0.25) is 9.59 Å². The molecule has 0 saturated heterocycles. The van der Waals surface area contributed by atoms with Crippen LogP contribution >= 0.6 is 23.2 Å². The molecule has 0 saturated carbocycles. The van der Waals surface area contributed by atoms with Crippen LogP contribution in [0.1, 0.15) is 17.5 Å². The van der Waals surface area contributed by atoms with Gasteiger partial charge in [0.25, 0.3) is 0 Å². The minimum atomic E-state index is -0.578. The molecule has 0 aliphatic carbocycles. The fourth-order valence-electron chi connectivity index (χ4n) is 2.29. The van der Waals surface area contributed by atoms with Crippen molar-refractivity contribution in [1.29, 1.82) is 0 Å². The number of carbonyl (C=O) groups is 2. The van der Waals surface area contributed by atoms with Crippen LogP contribution in [0, 0.1) is 0 Å². The van der Waals surface area contributed by atoms with Gasteiger partial charge in [-0.1, -0.05) is 59.6 Å². The Kier molecular flexibility index (Phi) is 7.09. The Morgan fingerprint density at radius 2 is 1.79 bits per heavy atom. The van der Waals surface area contributed by atoms with E-state index in [0.717, 1.165) is 11.1 Å². The van der Waals surface area contributed by atoms with Crippen molar-refractivity contribution in [2.75, 3.05) is 0 Å². The number of rotatable bonds is 8. The van der Waals surface area contributed by atoms with Crippen molar-refractivity contribution in [3.05, 3.63) is 69.7 Å². The van der Waals surface area contributed by atoms with Gasteiger partial charge in [-0.15, -0.1) is 0 Å². The molecule has 2 amide bonds. The van der Waals surface area contributed by atoms with Gasteiger partial charge >= 0.3 is 0 Å². The first-order valence-corrected chi connectivity index (χ1v) is 8.31. The summed E-state index contributed by atoms with van der Waals surface area (Å²) in [5.41, 5.74) is 1.96. The number of aryl methyl sites for hydroxylation is 1. The summed E-state index contributed by atoms with van der Waals surface area (Å²) in [4.78, 5) is 23.1. The number of carbonyl (C=O) groups excluding carboxylic acids is 2. The summed E-state index contributed by atoms with van der Waals surface area (Å²) in [5, 5.41) is 6.28. The number of nitrogens with one attached hydrogen (secondary N) is 2. The molecule has 2 N–H and O–H groups in total. The van der Waals surface area contributed by atoms with Crippen molar-refractivity contribution < 1.29 is 9.59 Å². The average Bonchev–Trinajstić information content (AvgIpc) is 2.60. The molecule has 0 bridgehead atoms. The zero-order chi connectivity index (χ0) is 17.4. The average molecular weight is 365 g/mol. The molecule has 6 heteroatoms. The molecule has 4 nitrogen and oxygen atoms in total. The van der Waals surface area contributed by atoms with Crippen molar-refractivity contribution in [1.82, 2.24) is 10.6 Å². The van der Waals surface area contributed by atoms with Crippen molar-refractivity contribution >= 4 is 35.5 Å². The van der Waals surface area contributed by atoms with Crippen LogP contribution in [0.4, 0.5) is 0 Å². The highest BCUT2D eigenvalue weighted by molar-refractivity contribution is 6.42. The van der Waals surface area contributed by atoms with Crippen molar-refractivity contribution in [3.8, 4) is 0 Å². The van der Waals surface area contributed by atoms with E-state index in [-0.39, 0.29) is 5.91 Å².